The summed E-state index contributed by atoms with van der Waals surface area (Å²) in [5, 5.41) is 5.76. The fourth-order valence-corrected chi connectivity index (χ4v) is 2.67. The lowest BCUT2D eigenvalue weighted by Gasteiger charge is -2.20. The monoisotopic (exact) mass is 307 g/mol. The van der Waals surface area contributed by atoms with Gasteiger partial charge in [0.2, 0.25) is 0 Å². The summed E-state index contributed by atoms with van der Waals surface area (Å²) in [4.78, 5) is 13.0. The van der Waals surface area contributed by atoms with Gasteiger partial charge >= 0.3 is 12.2 Å². The van der Waals surface area contributed by atoms with Gasteiger partial charge in [-0.25, -0.2) is 4.79 Å². The molecule has 4 nitrogen and oxygen atoms in total. The number of amides is 2. The minimum absolute atomic E-state index is 0.183. The van der Waals surface area contributed by atoms with Gasteiger partial charge in [0, 0.05) is 12.6 Å². The van der Waals surface area contributed by atoms with Crippen LogP contribution >= 0.6 is 0 Å². The molecule has 2 amide bonds. The maximum atomic E-state index is 12.1. The van der Waals surface area contributed by atoms with E-state index in [2.05, 4.69) is 10.6 Å². The molecule has 0 spiro atoms. The number of nitrogens with one attached hydrogen (secondary N) is 2. The van der Waals surface area contributed by atoms with E-state index < -0.39 is 12.7 Å². The molecule has 2 N–H and O–H groups in total. The Labute approximate surface area is 123 Å². The molecule has 0 heterocycles. The first-order valence-corrected chi connectivity index (χ1v) is 7.65. The Balaban J connectivity index is 1.54. The maximum absolute atomic E-state index is 12.1. The van der Waals surface area contributed by atoms with Crippen molar-refractivity contribution in [3.63, 3.8) is 0 Å². The highest BCUT2D eigenvalue weighted by atomic mass is 19.4. The van der Waals surface area contributed by atoms with E-state index in [9.17, 15) is 18.0 Å². The highest BCUT2D eigenvalue weighted by Crippen LogP contribution is 2.44. The molecule has 0 aromatic rings. The van der Waals surface area contributed by atoms with Gasteiger partial charge in [0.25, 0.3) is 0 Å². The molecule has 2 aliphatic carbocycles. The molecular formula is C14H24F3N3O. The Kier molecular flexibility index (Phi) is 5.35. The van der Waals surface area contributed by atoms with Gasteiger partial charge in [-0.1, -0.05) is 0 Å². The predicted molar refractivity (Wildman–Crippen MR) is 73.9 cm³/mol. The summed E-state index contributed by atoms with van der Waals surface area (Å²) < 4.78 is 36.4. The highest BCUT2D eigenvalue weighted by molar-refractivity contribution is 5.74. The van der Waals surface area contributed by atoms with Crippen LogP contribution in [0.5, 0.6) is 0 Å². The largest absolute Gasteiger partial charge is 0.401 e. The first kappa shape index (κ1) is 16.4. The average Bonchev–Trinajstić information content (AvgIpc) is 3.24. The molecule has 0 unspecified atom stereocenters. The van der Waals surface area contributed by atoms with Gasteiger partial charge in [-0.3, -0.25) is 4.90 Å². The van der Waals surface area contributed by atoms with Crippen molar-refractivity contribution in [1.82, 2.24) is 15.5 Å². The van der Waals surface area contributed by atoms with E-state index >= 15 is 0 Å². The van der Waals surface area contributed by atoms with Gasteiger partial charge in [-0.2, -0.15) is 13.2 Å². The van der Waals surface area contributed by atoms with Crippen LogP contribution in [-0.2, 0) is 0 Å². The SMILES string of the molecule is CN(CCCNC(=O)NC(C1CC1)C1CC1)CC(F)(F)F. The lowest BCUT2D eigenvalue weighted by atomic mass is 10.1. The normalized spacial score (nSPS) is 19.1. The average molecular weight is 307 g/mol. The topological polar surface area (TPSA) is 44.4 Å². The second kappa shape index (κ2) is 6.85. The quantitative estimate of drug-likeness (QED) is 0.676. The van der Waals surface area contributed by atoms with Crippen molar-refractivity contribution in [3.8, 4) is 0 Å². The van der Waals surface area contributed by atoms with Crippen LogP contribution in [0.2, 0.25) is 0 Å². The first-order valence-electron chi connectivity index (χ1n) is 7.65. The zero-order valence-electron chi connectivity index (χ0n) is 12.4. The van der Waals surface area contributed by atoms with Crippen LogP contribution in [0.1, 0.15) is 32.1 Å². The molecule has 21 heavy (non-hydrogen) atoms. The third kappa shape index (κ3) is 6.54. The minimum Gasteiger partial charge on any atom is -0.338 e. The van der Waals surface area contributed by atoms with Crippen LogP contribution in [0.4, 0.5) is 18.0 Å². The standard InChI is InChI=1S/C14H24F3N3O/c1-20(9-14(15,16)17)8-2-7-18-13(21)19-12(10-3-4-10)11-5-6-11/h10-12H,2-9H2,1H3,(H2,18,19,21). The number of carbonyl (C=O) groups excluding carboxylic acids is 1. The van der Waals surface area contributed by atoms with Crippen LogP contribution in [0.15, 0.2) is 0 Å². The van der Waals surface area contributed by atoms with Crippen LogP contribution in [-0.4, -0.2) is 49.8 Å². The van der Waals surface area contributed by atoms with Crippen LogP contribution in [0.25, 0.3) is 0 Å². The molecule has 0 atom stereocenters. The molecule has 0 aromatic heterocycles. The van der Waals surface area contributed by atoms with Crippen molar-refractivity contribution in [2.45, 2.75) is 44.3 Å². The molecule has 122 valence electrons. The molecule has 0 saturated heterocycles. The van der Waals surface area contributed by atoms with Crippen LogP contribution in [0, 0.1) is 11.8 Å². The molecule has 0 aromatic carbocycles. The Morgan fingerprint density at radius 1 is 1.24 bits per heavy atom. The van der Waals surface area contributed by atoms with Gasteiger partial charge in [0.15, 0.2) is 0 Å². The van der Waals surface area contributed by atoms with Gasteiger partial charge in [-0.05, 0) is 57.5 Å². The molecule has 2 saturated carbocycles. The molecule has 2 rings (SSSR count). The number of urea groups is 1. The summed E-state index contributed by atoms with van der Waals surface area (Å²) in [7, 11) is 1.43. The van der Waals surface area contributed by atoms with Crippen molar-refractivity contribution in [3.05, 3.63) is 0 Å². The van der Waals surface area contributed by atoms with Crippen molar-refractivity contribution >= 4 is 6.03 Å². The fraction of sp³-hybridized carbons (Fsp3) is 0.929. The van der Waals surface area contributed by atoms with Crippen LogP contribution in [0.3, 0.4) is 0 Å². The van der Waals surface area contributed by atoms with E-state index in [0.29, 0.717) is 37.4 Å². The van der Waals surface area contributed by atoms with E-state index in [-0.39, 0.29) is 6.03 Å². The van der Waals surface area contributed by atoms with Gasteiger partial charge < -0.3 is 10.6 Å². The molecule has 0 bridgehead atoms. The van der Waals surface area contributed by atoms with Crippen LogP contribution < -0.4 is 10.6 Å². The van der Waals surface area contributed by atoms with Crippen molar-refractivity contribution in [1.29, 1.82) is 0 Å². The zero-order valence-corrected chi connectivity index (χ0v) is 12.4. The number of alkyl halides is 3. The molecule has 0 radical (unpaired) electrons. The van der Waals surface area contributed by atoms with E-state index in [1.165, 1.54) is 37.6 Å². The summed E-state index contributed by atoms with van der Waals surface area (Å²) >= 11 is 0. The second-order valence-electron chi connectivity index (χ2n) is 6.31. The van der Waals surface area contributed by atoms with Crippen molar-refractivity contribution in [2.75, 3.05) is 26.7 Å². The Morgan fingerprint density at radius 3 is 2.29 bits per heavy atom. The van der Waals surface area contributed by atoms with E-state index in [1.807, 2.05) is 0 Å². The summed E-state index contributed by atoms with van der Waals surface area (Å²) in [6.45, 7) is -0.199. The Bertz CT molecular complexity index is 342. The third-order valence-corrected chi connectivity index (χ3v) is 4.01. The summed E-state index contributed by atoms with van der Waals surface area (Å²) in [6.07, 6.45) is 1.14. The van der Waals surface area contributed by atoms with E-state index in [0.717, 1.165) is 0 Å². The van der Waals surface area contributed by atoms with Crippen molar-refractivity contribution < 1.29 is 18.0 Å². The molecule has 0 aliphatic heterocycles. The summed E-state index contributed by atoms with van der Waals surface area (Å²) in [6, 6.07) is 0.121. The lowest BCUT2D eigenvalue weighted by Crippen LogP contribution is -2.45. The molecular weight excluding hydrogens is 283 g/mol. The van der Waals surface area contributed by atoms with Gasteiger partial charge in [-0.15, -0.1) is 0 Å². The first-order chi connectivity index (χ1) is 9.85. The molecule has 2 aliphatic rings. The number of hydrogen-bond acceptors (Lipinski definition) is 2. The highest BCUT2D eigenvalue weighted by Gasteiger charge is 2.42. The maximum Gasteiger partial charge on any atom is 0.401 e. The van der Waals surface area contributed by atoms with E-state index in [1.54, 1.807) is 0 Å². The molecule has 2 fully saturated rings. The molecule has 7 heteroatoms. The number of hydrogen-bond donors (Lipinski definition) is 2. The zero-order chi connectivity index (χ0) is 15.5. The van der Waals surface area contributed by atoms with Gasteiger partial charge in [0.05, 0.1) is 6.54 Å². The number of rotatable bonds is 8. The van der Waals surface area contributed by atoms with E-state index in [4.69, 9.17) is 0 Å². The number of nitrogens with zero attached hydrogens (tertiary/aromatic N) is 1. The number of halogens is 3. The Morgan fingerprint density at radius 2 is 1.81 bits per heavy atom. The van der Waals surface area contributed by atoms with Gasteiger partial charge in [0.1, 0.15) is 0 Å². The summed E-state index contributed by atoms with van der Waals surface area (Å²) in [5.74, 6) is 1.28. The second-order valence-corrected chi connectivity index (χ2v) is 6.31. The predicted octanol–water partition coefficient (Wildman–Crippen LogP) is 2.36. The third-order valence-electron chi connectivity index (χ3n) is 4.01. The summed E-state index contributed by atoms with van der Waals surface area (Å²) in [5.41, 5.74) is 0. The Hall–Kier alpha value is -0.980. The number of carbonyl (C=O) groups is 1. The minimum atomic E-state index is -4.17. The fourth-order valence-electron chi connectivity index (χ4n) is 2.67. The smallest absolute Gasteiger partial charge is 0.338 e. The van der Waals surface area contributed by atoms with Crippen molar-refractivity contribution in [2.24, 2.45) is 11.8 Å². The lowest BCUT2D eigenvalue weighted by molar-refractivity contribution is -0.143.